The van der Waals surface area contributed by atoms with Gasteiger partial charge in [0.15, 0.2) is 0 Å². The Morgan fingerprint density at radius 2 is 2.40 bits per heavy atom. The topological polar surface area (TPSA) is 50.1 Å². The first kappa shape index (κ1) is 4.81. The molecule has 3 nitrogen and oxygen atoms in total. The Kier molecular flexibility index (Phi) is 3.67. The molecule has 0 saturated carbocycles. The maximum atomic E-state index is 4.68. The molecule has 0 unspecified atom stereocenters. The quantitative estimate of drug-likeness (QED) is 0.230. The summed E-state index contributed by atoms with van der Waals surface area (Å²) >= 11 is 4.27. The lowest BCUT2D eigenvalue weighted by molar-refractivity contribution is 0.712. The molecule has 0 fully saturated rings. The van der Waals surface area contributed by atoms with E-state index in [2.05, 4.69) is 29.0 Å². The van der Waals surface area contributed by atoms with Gasteiger partial charge in [0.25, 0.3) is 0 Å². The van der Waals surface area contributed by atoms with Gasteiger partial charge < -0.3 is 5.43 Å². The lowest BCUT2D eigenvalue weighted by atomic mass is 11.5. The molecule has 0 aromatic heterocycles. The van der Waals surface area contributed by atoms with Crippen LogP contribution in [0.1, 0.15) is 0 Å². The number of nitrogens with one attached hydrogen (secondary N) is 2. The second-order valence-corrected chi connectivity index (χ2v) is 0.642. The summed E-state index contributed by atoms with van der Waals surface area (Å²) in [6, 6.07) is 0. The van der Waals surface area contributed by atoms with Gasteiger partial charge in [-0.1, -0.05) is 12.2 Å². The van der Waals surface area contributed by atoms with Gasteiger partial charge in [0, 0.05) is 0 Å². The highest BCUT2D eigenvalue weighted by Gasteiger charge is 1.50. The molecule has 4 heteroatoms. The van der Waals surface area contributed by atoms with Crippen LogP contribution in [0.25, 0.3) is 0 Å². The minimum absolute atomic E-state index is 1.28. The molecule has 0 aromatic carbocycles. The van der Waals surface area contributed by atoms with Crippen LogP contribution in [-0.4, -0.2) is 5.49 Å². The van der Waals surface area contributed by atoms with Crippen molar-refractivity contribution in [1.82, 2.24) is 11.0 Å². The third-order valence-electron chi connectivity index (χ3n) is 0.142. The normalized spacial score (nSPS) is 6.60. The predicted octanol–water partition coefficient (Wildman–Crippen LogP) is -1.09. The van der Waals surface area contributed by atoms with Crippen molar-refractivity contribution in [2.75, 3.05) is 0 Å². The summed E-state index contributed by atoms with van der Waals surface area (Å²) in [4.78, 5) is 0. The summed E-state index contributed by atoms with van der Waals surface area (Å²) in [5.41, 5.74) is 5.71. The molecule has 4 N–H and O–H groups in total. The third-order valence-corrected chi connectivity index (χ3v) is 0.260. The van der Waals surface area contributed by atoms with E-state index in [0.717, 1.165) is 0 Å². The lowest BCUT2D eigenvalue weighted by Crippen LogP contribution is -2.35. The molecule has 0 aliphatic heterocycles. The number of hydrogen-bond donors (Lipinski definition) is 3. The van der Waals surface area contributed by atoms with E-state index in [0.29, 0.717) is 0 Å². The zero-order chi connectivity index (χ0) is 4.12. The van der Waals surface area contributed by atoms with Crippen molar-refractivity contribution in [3.05, 3.63) is 0 Å². The fraction of sp³-hybridized carbons (Fsp3) is 0. The predicted molar refractivity (Wildman–Crippen MR) is 24.1 cm³/mol. The van der Waals surface area contributed by atoms with E-state index >= 15 is 0 Å². The van der Waals surface area contributed by atoms with Gasteiger partial charge >= 0.3 is 0 Å². The second kappa shape index (κ2) is 3.81. The Morgan fingerprint density at radius 1 is 1.80 bits per heavy atom. The van der Waals surface area contributed by atoms with Gasteiger partial charge in [-0.25, -0.2) is 0 Å². The van der Waals surface area contributed by atoms with E-state index in [1.807, 2.05) is 0 Å². The molecule has 0 atom stereocenters. The summed E-state index contributed by atoms with van der Waals surface area (Å²) < 4.78 is 0. The van der Waals surface area contributed by atoms with Crippen molar-refractivity contribution in [2.24, 2.45) is 5.84 Å². The smallest absolute Gasteiger partial charge is 0.0769 e. The number of hydrazine groups is 2. The highest BCUT2D eigenvalue weighted by molar-refractivity contribution is 7.78. The molecule has 0 spiro atoms. The summed E-state index contributed by atoms with van der Waals surface area (Å²) in [5.74, 6) is 4.68. The van der Waals surface area contributed by atoms with Gasteiger partial charge in [-0.3, -0.25) is 5.84 Å². The molecule has 0 aliphatic rings. The summed E-state index contributed by atoms with van der Waals surface area (Å²) in [6.45, 7) is 0. The summed E-state index contributed by atoms with van der Waals surface area (Å²) in [7, 11) is 0. The Balaban J connectivity index is 2.40. The average molecular weight is 91.1 g/mol. The van der Waals surface area contributed by atoms with Crippen molar-refractivity contribution in [3.63, 3.8) is 0 Å². The minimum atomic E-state index is 1.28. The summed E-state index contributed by atoms with van der Waals surface area (Å²) in [5, 5.41) is 0. The molecule has 0 rings (SSSR count). The molecule has 0 heterocycles. The number of hydrogen-bond acceptors (Lipinski definition) is 3. The number of thiocarbonyl (C=S) groups is 1. The largest absolute Gasteiger partial charge is 0.305 e. The average Bonchev–Trinajstić information content (AvgIpc) is 1.41. The highest BCUT2D eigenvalue weighted by Crippen LogP contribution is 1.27. The van der Waals surface area contributed by atoms with Crippen LogP contribution >= 0.6 is 12.2 Å². The minimum Gasteiger partial charge on any atom is -0.305 e. The van der Waals surface area contributed by atoms with E-state index in [9.17, 15) is 0 Å². The summed E-state index contributed by atoms with van der Waals surface area (Å²) in [6.07, 6.45) is 0. The zero-order valence-electron chi connectivity index (χ0n) is 2.56. The van der Waals surface area contributed by atoms with Crippen LogP contribution < -0.4 is 16.8 Å². The van der Waals surface area contributed by atoms with E-state index in [1.54, 1.807) is 0 Å². The molecular weight excluding hydrogens is 86.1 g/mol. The lowest BCUT2D eigenvalue weighted by Gasteiger charge is -1.86. The molecular formula is CH5N3S. The Hall–Kier alpha value is -0.190. The van der Waals surface area contributed by atoms with Crippen molar-refractivity contribution in [3.8, 4) is 0 Å². The zero-order valence-corrected chi connectivity index (χ0v) is 3.38. The molecule has 0 aromatic rings. The van der Waals surface area contributed by atoms with Crippen LogP contribution in [0.3, 0.4) is 0 Å². The Labute approximate surface area is 35.5 Å². The van der Waals surface area contributed by atoms with Crippen LogP contribution in [-0.2, 0) is 0 Å². The number of nitrogens with two attached hydrogens (primary N) is 1. The monoisotopic (exact) mass is 91.0 g/mol. The van der Waals surface area contributed by atoms with Gasteiger partial charge in [0.2, 0.25) is 0 Å². The van der Waals surface area contributed by atoms with Crippen molar-refractivity contribution >= 4 is 17.7 Å². The molecule has 0 aliphatic carbocycles. The fourth-order valence-corrected chi connectivity index (χ4v) is 0.102. The maximum absolute atomic E-state index is 4.68. The van der Waals surface area contributed by atoms with E-state index < -0.39 is 0 Å². The van der Waals surface area contributed by atoms with Crippen molar-refractivity contribution in [1.29, 1.82) is 0 Å². The molecule has 0 bridgehead atoms. The van der Waals surface area contributed by atoms with Gasteiger partial charge in [-0.2, -0.15) is 5.53 Å². The van der Waals surface area contributed by atoms with E-state index in [1.165, 1.54) is 5.49 Å². The van der Waals surface area contributed by atoms with Crippen LogP contribution in [0, 0.1) is 0 Å². The van der Waals surface area contributed by atoms with Crippen LogP contribution in [0.2, 0.25) is 0 Å². The maximum Gasteiger partial charge on any atom is 0.0769 e. The first-order valence-electron chi connectivity index (χ1n) is 1.06. The van der Waals surface area contributed by atoms with Crippen LogP contribution in [0.4, 0.5) is 0 Å². The Bertz CT molecular complexity index is 28.1. The SMILES string of the molecule is NNNC=S. The molecule has 30 valence electrons. The van der Waals surface area contributed by atoms with E-state index in [4.69, 9.17) is 0 Å². The molecule has 5 heavy (non-hydrogen) atoms. The van der Waals surface area contributed by atoms with Gasteiger partial charge in [0.1, 0.15) is 0 Å². The fourth-order valence-electron chi connectivity index (χ4n) is 0.0340. The van der Waals surface area contributed by atoms with Crippen LogP contribution in [0.15, 0.2) is 0 Å². The second-order valence-electron chi connectivity index (χ2n) is 0.407. The van der Waals surface area contributed by atoms with Gasteiger partial charge in [-0.05, 0) is 0 Å². The van der Waals surface area contributed by atoms with Crippen molar-refractivity contribution < 1.29 is 0 Å². The third kappa shape index (κ3) is 3.81. The molecule has 0 amide bonds. The standard InChI is InChI=1S/CH5N3S/c2-4-3-1-5/h1,4H,2H2,(H,3,5). The van der Waals surface area contributed by atoms with Crippen LogP contribution in [0.5, 0.6) is 0 Å². The highest BCUT2D eigenvalue weighted by atomic mass is 32.1. The molecule has 0 radical (unpaired) electrons. The van der Waals surface area contributed by atoms with E-state index in [-0.39, 0.29) is 0 Å². The number of rotatable bonds is 2. The first-order chi connectivity index (χ1) is 2.41. The van der Waals surface area contributed by atoms with Gasteiger partial charge in [0.05, 0.1) is 5.49 Å². The first-order valence-corrected chi connectivity index (χ1v) is 1.53. The van der Waals surface area contributed by atoms with Gasteiger partial charge in [-0.15, -0.1) is 0 Å². The van der Waals surface area contributed by atoms with Crippen molar-refractivity contribution in [2.45, 2.75) is 0 Å². The Morgan fingerprint density at radius 3 is 2.40 bits per heavy atom. The molecule has 0 saturated heterocycles.